The van der Waals surface area contributed by atoms with Crippen molar-refractivity contribution in [2.75, 3.05) is 108 Å². The maximum atomic E-state index is 12.0. The topological polar surface area (TPSA) is 731 Å². The SMILES string of the molecule is C.C.C.C.C.C.C=CC(N)=O.CCC(C)C(N)=O.COCC1OC(C(=O)[O-])C(COCC2OC(C(=O)[O-])C(COCC3OC(C(=O)[O-])C(COC)C(O)C3O)C(O)C2O)C(O)C1O.COCC1OC(C(=O)[O-])C(COCC2OC(C(=O)[O-])C(COCC3OC(C(=O)[O-])C(COC)C(O)C3O)C(O)C2O)C(O)C1OC(C)C(C)C(N)=O.[Na+].[Na+].[Na+].[Na+].[Na+].[Na+]. The Balaban J connectivity index is -0.000000206. The van der Waals surface area contributed by atoms with Gasteiger partial charge in [0.15, 0.2) is 0 Å². The standard InChI is InChI=1S/C31H51NO20.C26H42O19.C5H11NO.C3H5NO.6CH4.6Na/c1-11(28(32)38)12(2)49-27-18(8-46-4)52-26(31(43)44)15(21(27)35)7-48-10-17-23(37)20(34)14(25(51-17)30(41)42)6-47-9-16-22(36)19(33)13(5-45-3)24(50-16)29(39)40;1-39-3-9-15(27)19(31)13(44-21(9)24(33)34)7-42-5-11-17(29)20(32)14(45-23(11)26(37)38)8-41-4-10-16(28)18(30)12(6-40-2)43-22(10)25(35)36;1-3-4(2)5(6)7;1-2-3(4)5;;;;;;;;;;;;/h11-27,33-37H,5-10H2,1-4H3,(H2,32,38)(H,39,40)(H,41,42)(H,43,44);9-23,27-32H,3-8H2,1-2H3,(H,33,34)(H,35,36)(H,37,38);4H,3H2,1-2H3,(H2,6,7);2H,1H2,(H2,4,5);6*1H4;;;;;;/q;;;;;;;;;;6*+1/p-6. The first-order valence-corrected chi connectivity index (χ1v) is 34.3. The van der Waals surface area contributed by atoms with E-state index in [2.05, 4.69) is 12.3 Å². The Bertz CT molecular complexity index is 2890. The number of rotatable bonds is 37. The van der Waals surface area contributed by atoms with Crippen molar-refractivity contribution in [1.29, 1.82) is 0 Å². The number of amides is 3. The molecule has 0 spiro atoms. The van der Waals surface area contributed by atoms with Crippen molar-refractivity contribution in [3.63, 3.8) is 0 Å². The van der Waals surface area contributed by atoms with Crippen LogP contribution in [0.3, 0.4) is 0 Å². The molecular weight excluding hydrogens is 1690 g/mol. The Labute approximate surface area is 839 Å². The third-order valence-corrected chi connectivity index (χ3v) is 19.2. The van der Waals surface area contributed by atoms with E-state index in [0.29, 0.717) is 0 Å². The van der Waals surface area contributed by atoms with E-state index in [1.165, 1.54) is 42.3 Å². The number of nitrogens with two attached hydrogens (primary N) is 3. The Morgan fingerprint density at radius 1 is 0.339 bits per heavy atom. The second-order valence-corrected chi connectivity index (χ2v) is 26.7. The van der Waals surface area contributed by atoms with E-state index >= 15 is 0 Å². The van der Waals surface area contributed by atoms with E-state index in [9.17, 15) is 130 Å². The second kappa shape index (κ2) is 70.7. The molecule has 0 saturated carbocycles. The first-order valence-electron chi connectivity index (χ1n) is 34.3. The molecule has 0 aromatic rings. The molecule has 33 unspecified atom stereocenters. The van der Waals surface area contributed by atoms with Crippen LogP contribution in [0.1, 0.15) is 78.7 Å². The number of hydrogen-bond acceptors (Lipinski definition) is 41. The number of aliphatic hydroxyl groups is 11. The van der Waals surface area contributed by atoms with Crippen LogP contribution in [0.25, 0.3) is 0 Å². The van der Waals surface area contributed by atoms with Gasteiger partial charge in [-0.3, -0.25) is 14.4 Å². The molecule has 6 heterocycles. The van der Waals surface area contributed by atoms with Crippen LogP contribution in [-0.2, 0) is 114 Å². The number of carbonyl (C=O) groups is 9. The van der Waals surface area contributed by atoms with E-state index in [1.807, 2.05) is 13.8 Å². The summed E-state index contributed by atoms with van der Waals surface area (Å²) >= 11 is 0. The van der Waals surface area contributed by atoms with E-state index in [0.717, 1.165) is 12.5 Å². The number of aliphatic carboxylic acids is 6. The predicted octanol–water partition coefficient (Wildman–Crippen LogP) is -31.7. The Morgan fingerprint density at radius 2 is 0.537 bits per heavy atom. The van der Waals surface area contributed by atoms with Crippen LogP contribution in [-0.4, -0.2) is 370 Å². The molecule has 0 aromatic heterocycles. The Kier molecular flexibility index (Phi) is 82.6. The van der Waals surface area contributed by atoms with Gasteiger partial charge in [-0.2, -0.15) is 0 Å². The van der Waals surface area contributed by atoms with Crippen molar-refractivity contribution >= 4 is 53.5 Å². The second-order valence-electron chi connectivity index (χ2n) is 26.7. The van der Waals surface area contributed by atoms with Crippen LogP contribution >= 0.6 is 0 Å². The number of aliphatic hydroxyl groups excluding tert-OH is 11. The molecule has 44 nitrogen and oxygen atoms in total. The third-order valence-electron chi connectivity index (χ3n) is 19.2. The first kappa shape index (κ1) is 141. The zero-order valence-corrected chi connectivity index (χ0v) is 78.9. The number of methoxy groups -OCH3 is 4. The van der Waals surface area contributed by atoms with Crippen molar-refractivity contribution in [2.45, 2.75) is 231 Å². The maximum Gasteiger partial charge on any atom is 1.00 e. The van der Waals surface area contributed by atoms with E-state index in [1.54, 1.807) is 0 Å². The number of primary amides is 3. The maximum absolute atomic E-state index is 12.0. The quantitative estimate of drug-likeness (QED) is 0.0203. The Hall–Kier alpha value is -0.0700. The molecule has 17 N–H and O–H groups in total. The molecule has 0 radical (unpaired) electrons. The van der Waals surface area contributed by atoms with Crippen LogP contribution in [0.15, 0.2) is 12.7 Å². The molecule has 678 valence electrons. The zero-order chi connectivity index (χ0) is 82.8. The molecule has 6 aliphatic rings. The van der Waals surface area contributed by atoms with Crippen LogP contribution in [0.5, 0.6) is 0 Å². The summed E-state index contributed by atoms with van der Waals surface area (Å²) in [7, 11) is 5.09. The van der Waals surface area contributed by atoms with Crippen molar-refractivity contribution in [1.82, 2.24) is 0 Å². The number of carbonyl (C=O) groups excluding carboxylic acids is 9. The van der Waals surface area contributed by atoms with Gasteiger partial charge in [-0.15, -0.1) is 0 Å². The van der Waals surface area contributed by atoms with Crippen molar-refractivity contribution in [2.24, 2.45) is 64.5 Å². The molecule has 3 amide bonds. The summed E-state index contributed by atoms with van der Waals surface area (Å²) in [6, 6.07) is 0. The van der Waals surface area contributed by atoms with Crippen LogP contribution in [0, 0.1) is 47.3 Å². The fraction of sp³-hybridized carbons (Fsp3) is 0.845. The summed E-state index contributed by atoms with van der Waals surface area (Å²) in [5.41, 5.74) is 14.8. The summed E-state index contributed by atoms with van der Waals surface area (Å²) in [6.45, 7) is 4.06. The van der Waals surface area contributed by atoms with Gasteiger partial charge in [-0.25, -0.2) is 0 Å². The monoisotopic (exact) mass is 1820 g/mol. The molecule has 0 bridgehead atoms. The zero-order valence-electron chi connectivity index (χ0n) is 66.9. The molecular formula is C71H127N3Na6O41. The van der Waals surface area contributed by atoms with Gasteiger partial charge < -0.3 is 204 Å². The molecule has 50 heteroatoms. The van der Waals surface area contributed by atoms with Gasteiger partial charge in [-0.1, -0.05) is 71.9 Å². The van der Waals surface area contributed by atoms with Gasteiger partial charge in [0.1, 0.15) is 110 Å². The number of carboxylic acids is 6. The van der Waals surface area contributed by atoms with E-state index in [-0.39, 0.29) is 260 Å². The molecule has 0 aliphatic carbocycles. The average Bonchev–Trinajstić information content (AvgIpc) is 0.795. The molecule has 33 atom stereocenters. The summed E-state index contributed by atoms with van der Waals surface area (Å²) < 4.78 is 79.7. The minimum Gasteiger partial charge on any atom is -0.547 e. The molecule has 6 aliphatic heterocycles. The Morgan fingerprint density at radius 3 is 0.719 bits per heavy atom. The number of hydrogen-bond donors (Lipinski definition) is 14. The predicted molar refractivity (Wildman–Crippen MR) is 381 cm³/mol. The first-order chi connectivity index (χ1) is 51.1. The molecule has 6 rings (SSSR count). The van der Waals surface area contributed by atoms with Crippen molar-refractivity contribution in [3.8, 4) is 0 Å². The van der Waals surface area contributed by atoms with Gasteiger partial charge >= 0.3 is 177 Å². The molecule has 6 fully saturated rings. The van der Waals surface area contributed by atoms with Crippen LogP contribution < -0.4 is 225 Å². The smallest absolute Gasteiger partial charge is 0.547 e. The van der Waals surface area contributed by atoms with Crippen LogP contribution in [0.2, 0.25) is 0 Å². The van der Waals surface area contributed by atoms with Crippen molar-refractivity contribution < 1.29 is 378 Å². The minimum absolute atomic E-state index is 0. The average molecular weight is 1820 g/mol. The van der Waals surface area contributed by atoms with Crippen molar-refractivity contribution in [3.05, 3.63) is 12.7 Å². The largest absolute Gasteiger partial charge is 1.00 e. The van der Waals surface area contributed by atoms with E-state index in [4.69, 9.17) is 82.5 Å². The normalized spacial score (nSPS) is 33.7. The van der Waals surface area contributed by atoms with E-state index < -0.39 is 295 Å². The number of carboxylic acid groups (broad SMARTS) is 6. The van der Waals surface area contributed by atoms with Gasteiger partial charge in [0.05, 0.1) is 164 Å². The number of ether oxygens (including phenoxy) is 15. The minimum atomic E-state index is -1.90. The fourth-order valence-corrected chi connectivity index (χ4v) is 12.4. The summed E-state index contributed by atoms with van der Waals surface area (Å²) in [5.74, 6) is -20.5. The molecule has 121 heavy (non-hydrogen) atoms. The summed E-state index contributed by atoms with van der Waals surface area (Å²) in [6.07, 6.45) is -37.4. The fourth-order valence-electron chi connectivity index (χ4n) is 12.4. The third kappa shape index (κ3) is 41.7. The molecule has 6 saturated heterocycles. The molecule has 0 aromatic carbocycles. The van der Waals surface area contributed by atoms with Gasteiger partial charge in [-0.05, 0) is 19.4 Å². The van der Waals surface area contributed by atoms with Gasteiger partial charge in [0, 0.05) is 69.9 Å². The van der Waals surface area contributed by atoms with Gasteiger partial charge in [0.2, 0.25) is 17.7 Å². The summed E-state index contributed by atoms with van der Waals surface area (Å²) in [5, 5.41) is 187. The van der Waals surface area contributed by atoms with Crippen LogP contribution in [0.4, 0.5) is 0 Å². The van der Waals surface area contributed by atoms with Gasteiger partial charge in [0.25, 0.3) is 0 Å². The summed E-state index contributed by atoms with van der Waals surface area (Å²) in [4.78, 5) is 102.